The number of nitrogens with zero attached hydrogens (tertiary/aromatic N) is 1. The monoisotopic (exact) mass is 386 g/mol. The Bertz CT molecular complexity index is 757. The summed E-state index contributed by atoms with van der Waals surface area (Å²) in [7, 11) is 1.76. The Morgan fingerprint density at radius 3 is 2.46 bits per heavy atom. The van der Waals surface area contributed by atoms with Crippen LogP contribution in [-0.2, 0) is 11.3 Å². The lowest BCUT2D eigenvalue weighted by molar-refractivity contribution is -0.120. The zero-order valence-corrected chi connectivity index (χ0v) is 14.9. The number of ether oxygens (including phenoxy) is 1. The molecule has 0 spiro atoms. The topological polar surface area (TPSA) is 41.6 Å². The van der Waals surface area contributed by atoms with Crippen molar-refractivity contribution in [3.8, 4) is 5.75 Å². The van der Waals surface area contributed by atoms with Crippen LogP contribution in [0.1, 0.15) is 12.5 Å². The molecule has 0 radical (unpaired) electrons. The average molecular weight is 387 g/mol. The van der Waals surface area contributed by atoms with Gasteiger partial charge in [0.2, 0.25) is 5.91 Å². The van der Waals surface area contributed by atoms with Gasteiger partial charge in [0.05, 0.1) is 11.1 Å². The van der Waals surface area contributed by atoms with Crippen LogP contribution in [0.5, 0.6) is 5.75 Å². The number of anilines is 1. The number of carbonyl (C=O) groups is 1. The lowest BCUT2D eigenvalue weighted by atomic mass is 10.1. The van der Waals surface area contributed by atoms with E-state index in [4.69, 9.17) is 11.6 Å². The quantitative estimate of drug-likeness (QED) is 0.759. The molecule has 2 aromatic carbocycles. The van der Waals surface area contributed by atoms with Gasteiger partial charge >= 0.3 is 6.61 Å². The van der Waals surface area contributed by atoms with Crippen LogP contribution in [0, 0.1) is 5.82 Å². The van der Waals surface area contributed by atoms with Crippen molar-refractivity contribution in [2.75, 3.05) is 12.4 Å². The van der Waals surface area contributed by atoms with Crippen molar-refractivity contribution in [1.29, 1.82) is 0 Å². The second kappa shape index (κ2) is 8.91. The van der Waals surface area contributed by atoms with Crippen molar-refractivity contribution in [3.05, 3.63) is 58.9 Å². The van der Waals surface area contributed by atoms with Gasteiger partial charge in [-0.2, -0.15) is 8.78 Å². The van der Waals surface area contributed by atoms with E-state index in [0.717, 1.165) is 5.56 Å². The second-order valence-electron chi connectivity index (χ2n) is 5.73. The summed E-state index contributed by atoms with van der Waals surface area (Å²) in [4.78, 5) is 14.1. The first kappa shape index (κ1) is 20.1. The molecule has 0 heterocycles. The Hall–Kier alpha value is -2.25. The number of benzene rings is 2. The van der Waals surface area contributed by atoms with E-state index in [2.05, 4.69) is 10.1 Å². The molecule has 0 aliphatic carbocycles. The lowest BCUT2D eigenvalue weighted by Crippen LogP contribution is -2.39. The summed E-state index contributed by atoms with van der Waals surface area (Å²) in [5, 5.41) is 2.60. The molecule has 2 rings (SSSR count). The number of halogens is 4. The number of hydrogen-bond acceptors (Lipinski definition) is 3. The summed E-state index contributed by atoms with van der Waals surface area (Å²) < 4.78 is 41.8. The van der Waals surface area contributed by atoms with Crippen LogP contribution < -0.4 is 10.1 Å². The largest absolute Gasteiger partial charge is 0.435 e. The van der Waals surface area contributed by atoms with Crippen LogP contribution in [0.4, 0.5) is 18.9 Å². The number of hydrogen-bond donors (Lipinski definition) is 1. The van der Waals surface area contributed by atoms with E-state index < -0.39 is 18.5 Å². The summed E-state index contributed by atoms with van der Waals surface area (Å²) >= 11 is 5.70. The highest BCUT2D eigenvalue weighted by Crippen LogP contribution is 2.20. The first-order chi connectivity index (χ1) is 12.3. The van der Waals surface area contributed by atoms with Crippen molar-refractivity contribution >= 4 is 23.2 Å². The molecular weight excluding hydrogens is 369 g/mol. The average Bonchev–Trinajstić information content (AvgIpc) is 2.58. The van der Waals surface area contributed by atoms with Crippen molar-refractivity contribution in [3.63, 3.8) is 0 Å². The lowest BCUT2D eigenvalue weighted by Gasteiger charge is -2.24. The number of likely N-dealkylation sites (N-methyl/N-ethyl adjacent to an activating group) is 1. The fourth-order valence-corrected chi connectivity index (χ4v) is 2.40. The SMILES string of the molecule is CC(C(=O)Nc1ccc(F)c(Cl)c1)N(C)Cc1ccc(OC(F)F)cc1. The number of nitrogens with one attached hydrogen (secondary N) is 1. The maximum absolute atomic E-state index is 13.2. The molecule has 0 aliphatic rings. The molecule has 0 aromatic heterocycles. The smallest absolute Gasteiger partial charge is 0.387 e. The van der Waals surface area contributed by atoms with E-state index in [0.29, 0.717) is 12.2 Å². The van der Waals surface area contributed by atoms with Crippen molar-refractivity contribution in [2.45, 2.75) is 26.1 Å². The van der Waals surface area contributed by atoms with Crippen LogP contribution >= 0.6 is 11.6 Å². The molecule has 0 saturated heterocycles. The molecule has 140 valence electrons. The molecular formula is C18H18ClF3N2O2. The first-order valence-electron chi connectivity index (χ1n) is 7.76. The number of rotatable bonds is 7. The maximum Gasteiger partial charge on any atom is 0.387 e. The third-order valence-corrected chi connectivity index (χ3v) is 4.10. The first-order valence-corrected chi connectivity index (χ1v) is 8.14. The Kier molecular flexibility index (Phi) is 6.88. The normalized spacial score (nSPS) is 12.3. The third-order valence-electron chi connectivity index (χ3n) is 3.81. The summed E-state index contributed by atoms with van der Waals surface area (Å²) in [5.74, 6) is -0.771. The number of alkyl halides is 2. The van der Waals surface area contributed by atoms with Gasteiger partial charge in [-0.05, 0) is 49.9 Å². The van der Waals surface area contributed by atoms with Gasteiger partial charge in [0.25, 0.3) is 0 Å². The van der Waals surface area contributed by atoms with E-state index in [1.807, 2.05) is 0 Å². The minimum absolute atomic E-state index is 0.0742. The van der Waals surface area contributed by atoms with Crippen LogP contribution in [0.15, 0.2) is 42.5 Å². The third kappa shape index (κ3) is 5.64. The van der Waals surface area contributed by atoms with E-state index in [9.17, 15) is 18.0 Å². The molecule has 0 aliphatic heterocycles. The van der Waals surface area contributed by atoms with Gasteiger partial charge < -0.3 is 10.1 Å². The van der Waals surface area contributed by atoms with E-state index in [-0.39, 0.29) is 16.7 Å². The molecule has 8 heteroatoms. The summed E-state index contributed by atoms with van der Waals surface area (Å²) in [5.41, 5.74) is 1.23. The van der Waals surface area contributed by atoms with E-state index in [1.54, 1.807) is 31.0 Å². The Balaban J connectivity index is 1.94. The maximum atomic E-state index is 13.2. The molecule has 1 atom stereocenters. The predicted octanol–water partition coefficient (Wildman–Crippen LogP) is 4.54. The zero-order chi connectivity index (χ0) is 19.3. The standard InChI is InChI=1S/C18H18ClF3N2O2/c1-11(17(25)23-13-5-8-16(20)15(19)9-13)24(2)10-12-3-6-14(7-4-12)26-18(21)22/h3-9,11,18H,10H2,1-2H3,(H,23,25). The second-order valence-corrected chi connectivity index (χ2v) is 6.14. The fraction of sp³-hybridized carbons (Fsp3) is 0.278. The van der Waals surface area contributed by atoms with Crippen LogP contribution in [0.3, 0.4) is 0 Å². The van der Waals surface area contributed by atoms with Crippen LogP contribution in [0.2, 0.25) is 5.02 Å². The fourth-order valence-electron chi connectivity index (χ4n) is 2.22. The Morgan fingerprint density at radius 2 is 1.88 bits per heavy atom. The molecule has 26 heavy (non-hydrogen) atoms. The number of carbonyl (C=O) groups excluding carboxylic acids is 1. The molecule has 1 amide bonds. The van der Waals surface area contributed by atoms with Crippen molar-refractivity contribution < 1.29 is 22.7 Å². The summed E-state index contributed by atoms with van der Waals surface area (Å²) in [6, 6.07) is 9.64. The van der Waals surface area contributed by atoms with E-state index >= 15 is 0 Å². The molecule has 4 nitrogen and oxygen atoms in total. The van der Waals surface area contributed by atoms with Gasteiger partial charge in [0.15, 0.2) is 0 Å². The van der Waals surface area contributed by atoms with Crippen molar-refractivity contribution in [2.24, 2.45) is 0 Å². The molecule has 1 unspecified atom stereocenters. The van der Waals surface area contributed by atoms with Gasteiger partial charge in [0, 0.05) is 12.2 Å². The van der Waals surface area contributed by atoms with Crippen LogP contribution in [-0.4, -0.2) is 30.5 Å². The number of amides is 1. The van der Waals surface area contributed by atoms with E-state index in [1.165, 1.54) is 30.3 Å². The molecule has 0 bridgehead atoms. The highest BCUT2D eigenvalue weighted by molar-refractivity contribution is 6.31. The van der Waals surface area contributed by atoms with Gasteiger partial charge in [-0.3, -0.25) is 9.69 Å². The molecule has 0 fully saturated rings. The van der Waals surface area contributed by atoms with Gasteiger partial charge in [-0.25, -0.2) is 4.39 Å². The summed E-state index contributed by atoms with van der Waals surface area (Å²) in [6.45, 7) is -0.727. The van der Waals surface area contributed by atoms with Gasteiger partial charge in [0.1, 0.15) is 11.6 Å². The highest BCUT2D eigenvalue weighted by atomic mass is 35.5. The molecule has 0 saturated carbocycles. The Morgan fingerprint density at radius 1 is 1.23 bits per heavy atom. The minimum Gasteiger partial charge on any atom is -0.435 e. The Labute approximate surface area is 154 Å². The zero-order valence-electron chi connectivity index (χ0n) is 14.2. The molecule has 2 aromatic rings. The van der Waals surface area contributed by atoms with Crippen molar-refractivity contribution in [1.82, 2.24) is 4.90 Å². The van der Waals surface area contributed by atoms with Crippen LogP contribution in [0.25, 0.3) is 0 Å². The molecule has 1 N–H and O–H groups in total. The van der Waals surface area contributed by atoms with Gasteiger partial charge in [-0.1, -0.05) is 23.7 Å². The van der Waals surface area contributed by atoms with Gasteiger partial charge in [-0.15, -0.1) is 0 Å². The predicted molar refractivity (Wildman–Crippen MR) is 94.0 cm³/mol. The minimum atomic E-state index is -2.87. The highest BCUT2D eigenvalue weighted by Gasteiger charge is 2.19. The summed E-state index contributed by atoms with van der Waals surface area (Å²) in [6.07, 6.45) is 0.